The fourth-order valence-electron chi connectivity index (χ4n) is 4.06. The van der Waals surface area contributed by atoms with Crippen molar-refractivity contribution in [2.24, 2.45) is 0 Å². The van der Waals surface area contributed by atoms with Crippen molar-refractivity contribution < 1.29 is 14.6 Å². The van der Waals surface area contributed by atoms with Crippen molar-refractivity contribution in [3.63, 3.8) is 0 Å². The van der Waals surface area contributed by atoms with Crippen LogP contribution in [0.2, 0.25) is 0 Å². The number of ether oxygens (including phenoxy) is 2. The molecule has 0 aliphatic carbocycles. The summed E-state index contributed by atoms with van der Waals surface area (Å²) in [5, 5.41) is 9.62. The van der Waals surface area contributed by atoms with E-state index in [0.29, 0.717) is 6.04 Å². The molecule has 1 aliphatic rings. The van der Waals surface area contributed by atoms with Crippen LogP contribution < -0.4 is 9.47 Å². The monoisotopic (exact) mass is 398 g/mol. The van der Waals surface area contributed by atoms with Crippen LogP contribution in [-0.4, -0.2) is 61.4 Å². The predicted octanol–water partition coefficient (Wildman–Crippen LogP) is 3.34. The highest BCUT2D eigenvalue weighted by atomic mass is 16.5. The van der Waals surface area contributed by atoms with Crippen molar-refractivity contribution in [1.29, 1.82) is 0 Å². The Morgan fingerprint density at radius 2 is 1.55 bits per heavy atom. The van der Waals surface area contributed by atoms with E-state index >= 15 is 0 Å². The van der Waals surface area contributed by atoms with E-state index in [1.807, 2.05) is 6.07 Å². The van der Waals surface area contributed by atoms with Gasteiger partial charge < -0.3 is 14.6 Å². The first-order valence-corrected chi connectivity index (χ1v) is 10.5. The van der Waals surface area contributed by atoms with E-state index < -0.39 is 0 Å². The molecule has 1 N–H and O–H groups in total. The number of nitrogens with zero attached hydrogens (tertiary/aromatic N) is 2. The minimum atomic E-state index is 0.210. The third kappa shape index (κ3) is 5.95. The van der Waals surface area contributed by atoms with Gasteiger partial charge in [-0.25, -0.2) is 0 Å². The second-order valence-electron chi connectivity index (χ2n) is 7.76. The molecule has 5 nitrogen and oxygen atoms in total. The lowest BCUT2D eigenvalue weighted by Gasteiger charge is -2.41. The molecule has 29 heavy (non-hydrogen) atoms. The summed E-state index contributed by atoms with van der Waals surface area (Å²) < 4.78 is 10.8. The zero-order chi connectivity index (χ0) is 20.6. The maximum atomic E-state index is 9.62. The van der Waals surface area contributed by atoms with Gasteiger partial charge in [-0.05, 0) is 41.7 Å². The number of aliphatic hydroxyl groups is 1. The van der Waals surface area contributed by atoms with Crippen molar-refractivity contribution in [2.75, 3.05) is 40.5 Å². The molecule has 0 bridgehead atoms. The molecular formula is C24H34N2O3. The van der Waals surface area contributed by atoms with Gasteiger partial charge in [0.15, 0.2) is 0 Å². The first kappa shape index (κ1) is 21.6. The molecule has 2 aromatic carbocycles. The number of rotatable bonds is 9. The summed E-state index contributed by atoms with van der Waals surface area (Å²) in [6.45, 7) is 7.17. The lowest BCUT2D eigenvalue weighted by atomic mass is 10.0. The molecule has 5 heteroatoms. The van der Waals surface area contributed by atoms with Crippen LogP contribution in [0.1, 0.15) is 30.0 Å². The van der Waals surface area contributed by atoms with Crippen LogP contribution in [0.3, 0.4) is 0 Å². The average molecular weight is 399 g/mol. The highest BCUT2D eigenvalue weighted by Gasteiger charge is 2.27. The summed E-state index contributed by atoms with van der Waals surface area (Å²) in [6, 6.07) is 15.3. The van der Waals surface area contributed by atoms with E-state index in [1.165, 1.54) is 16.7 Å². The molecule has 0 radical (unpaired) electrons. The van der Waals surface area contributed by atoms with Crippen molar-refractivity contribution in [1.82, 2.24) is 9.80 Å². The number of hydrogen-bond donors (Lipinski definition) is 1. The van der Waals surface area contributed by atoms with E-state index in [9.17, 15) is 5.11 Å². The Morgan fingerprint density at radius 1 is 0.897 bits per heavy atom. The van der Waals surface area contributed by atoms with E-state index in [1.54, 1.807) is 14.2 Å². The first-order chi connectivity index (χ1) is 14.1. The lowest BCUT2D eigenvalue weighted by Crippen LogP contribution is -2.52. The summed E-state index contributed by atoms with van der Waals surface area (Å²) in [5.74, 6) is 1.62. The van der Waals surface area contributed by atoms with E-state index in [0.717, 1.165) is 57.1 Å². The van der Waals surface area contributed by atoms with Crippen molar-refractivity contribution >= 4 is 0 Å². The quantitative estimate of drug-likeness (QED) is 0.702. The number of methoxy groups -OCH3 is 2. The standard InChI is InChI=1S/C24H34N2O3/c1-4-19-5-7-20(8-6-19)16-25-10-11-26(22(18-25)9-12-27)17-21-13-23(28-2)15-24(14-21)29-3/h5-8,13-15,22,27H,4,9-12,16-18H2,1-3H3. The van der Waals surface area contributed by atoms with Crippen LogP contribution in [0.15, 0.2) is 42.5 Å². The SMILES string of the molecule is CCc1ccc(CN2CCN(Cc3cc(OC)cc(OC)c3)C(CCO)C2)cc1. The number of benzene rings is 2. The van der Waals surface area contributed by atoms with Gasteiger partial charge >= 0.3 is 0 Å². The molecule has 0 amide bonds. The van der Waals surface area contributed by atoms with Crippen molar-refractivity contribution in [2.45, 2.75) is 38.9 Å². The summed E-state index contributed by atoms with van der Waals surface area (Å²) >= 11 is 0. The molecule has 1 atom stereocenters. The fourth-order valence-corrected chi connectivity index (χ4v) is 4.06. The number of aryl methyl sites for hydroxylation is 1. The highest BCUT2D eigenvalue weighted by molar-refractivity contribution is 5.38. The molecule has 158 valence electrons. The fraction of sp³-hybridized carbons (Fsp3) is 0.500. The van der Waals surface area contributed by atoms with Gasteiger partial charge in [-0.1, -0.05) is 31.2 Å². The van der Waals surface area contributed by atoms with Gasteiger partial charge in [0.05, 0.1) is 14.2 Å². The second-order valence-corrected chi connectivity index (χ2v) is 7.76. The Balaban J connectivity index is 1.65. The normalized spacial score (nSPS) is 18.0. The molecule has 0 spiro atoms. The largest absolute Gasteiger partial charge is 0.497 e. The average Bonchev–Trinajstić information content (AvgIpc) is 2.76. The smallest absolute Gasteiger partial charge is 0.122 e. The van der Waals surface area contributed by atoms with E-state index in [4.69, 9.17) is 9.47 Å². The number of aliphatic hydroxyl groups excluding tert-OH is 1. The Morgan fingerprint density at radius 3 is 2.14 bits per heavy atom. The predicted molar refractivity (Wildman–Crippen MR) is 117 cm³/mol. The van der Waals surface area contributed by atoms with E-state index in [2.05, 4.69) is 53.1 Å². The summed E-state index contributed by atoms with van der Waals surface area (Å²) in [5.41, 5.74) is 3.91. The van der Waals surface area contributed by atoms with Crippen molar-refractivity contribution in [3.8, 4) is 11.5 Å². The molecule has 1 unspecified atom stereocenters. The molecule has 0 saturated carbocycles. The molecule has 3 rings (SSSR count). The van der Waals surface area contributed by atoms with Gasteiger partial charge in [-0.3, -0.25) is 9.80 Å². The van der Waals surface area contributed by atoms with Gasteiger partial charge in [0.25, 0.3) is 0 Å². The second kappa shape index (κ2) is 10.6. The zero-order valence-corrected chi connectivity index (χ0v) is 17.9. The van der Waals surface area contributed by atoms with Crippen LogP contribution >= 0.6 is 0 Å². The summed E-state index contributed by atoms with van der Waals surface area (Å²) in [4.78, 5) is 4.98. The van der Waals surface area contributed by atoms with Gasteiger partial charge in [0.1, 0.15) is 11.5 Å². The summed E-state index contributed by atoms with van der Waals surface area (Å²) in [6.07, 6.45) is 1.86. The minimum absolute atomic E-state index is 0.210. The van der Waals surface area contributed by atoms with Gasteiger partial charge in [-0.15, -0.1) is 0 Å². The maximum absolute atomic E-state index is 9.62. The molecule has 1 heterocycles. The van der Waals surface area contributed by atoms with Gasteiger partial charge in [0.2, 0.25) is 0 Å². The molecule has 0 aromatic heterocycles. The van der Waals surface area contributed by atoms with Gasteiger partial charge in [0, 0.05) is 51.4 Å². The molecule has 1 fully saturated rings. The Kier molecular flexibility index (Phi) is 7.92. The van der Waals surface area contributed by atoms with Gasteiger partial charge in [-0.2, -0.15) is 0 Å². The van der Waals surface area contributed by atoms with Crippen LogP contribution in [0, 0.1) is 0 Å². The highest BCUT2D eigenvalue weighted by Crippen LogP contribution is 2.25. The number of piperazine rings is 1. The molecular weight excluding hydrogens is 364 g/mol. The Labute approximate surface area is 174 Å². The van der Waals surface area contributed by atoms with E-state index in [-0.39, 0.29) is 6.61 Å². The molecule has 1 aliphatic heterocycles. The van der Waals surface area contributed by atoms with Crippen LogP contribution in [0.25, 0.3) is 0 Å². The summed E-state index contributed by atoms with van der Waals surface area (Å²) in [7, 11) is 3.36. The Hall–Kier alpha value is -2.08. The first-order valence-electron chi connectivity index (χ1n) is 10.5. The minimum Gasteiger partial charge on any atom is -0.497 e. The maximum Gasteiger partial charge on any atom is 0.122 e. The third-order valence-electron chi connectivity index (χ3n) is 5.79. The third-order valence-corrected chi connectivity index (χ3v) is 5.79. The van der Waals surface area contributed by atoms with Crippen molar-refractivity contribution in [3.05, 3.63) is 59.2 Å². The van der Waals surface area contributed by atoms with Crippen LogP contribution in [-0.2, 0) is 19.5 Å². The van der Waals surface area contributed by atoms with Crippen LogP contribution in [0.4, 0.5) is 0 Å². The van der Waals surface area contributed by atoms with Crippen LogP contribution in [0.5, 0.6) is 11.5 Å². The topological polar surface area (TPSA) is 45.2 Å². The number of hydrogen-bond acceptors (Lipinski definition) is 5. The zero-order valence-electron chi connectivity index (χ0n) is 17.9. The lowest BCUT2D eigenvalue weighted by molar-refractivity contribution is 0.0499. The molecule has 1 saturated heterocycles. The Bertz CT molecular complexity index is 741. The molecule has 2 aromatic rings.